The highest BCUT2D eigenvalue weighted by Crippen LogP contribution is 2.26. The Morgan fingerprint density at radius 2 is 1.74 bits per heavy atom. The van der Waals surface area contributed by atoms with Crippen LogP contribution in [0.2, 0.25) is 0 Å². The fourth-order valence-corrected chi connectivity index (χ4v) is 5.24. The molecule has 34 heavy (non-hydrogen) atoms. The van der Waals surface area contributed by atoms with Gasteiger partial charge in [-0.15, -0.1) is 10.2 Å². The molecule has 7 nitrogen and oxygen atoms in total. The number of fused-ring (bicyclic) bond motifs is 3. The molecule has 0 fully saturated rings. The second-order valence-electron chi connectivity index (χ2n) is 8.60. The van der Waals surface area contributed by atoms with E-state index in [2.05, 4.69) is 46.8 Å². The van der Waals surface area contributed by atoms with Gasteiger partial charge in [-0.05, 0) is 69.2 Å². The van der Waals surface area contributed by atoms with E-state index >= 15 is 0 Å². The number of ketones is 1. The Labute approximate surface area is 201 Å². The van der Waals surface area contributed by atoms with Gasteiger partial charge in [-0.25, -0.2) is 0 Å². The number of Topliss-reactive ketones (excluding diaryl/α,β-unsaturated/α-hetero) is 1. The van der Waals surface area contributed by atoms with Gasteiger partial charge in [0.25, 0.3) is 5.56 Å². The van der Waals surface area contributed by atoms with Gasteiger partial charge in [-0.1, -0.05) is 30.0 Å². The molecule has 2 aromatic carbocycles. The summed E-state index contributed by atoms with van der Waals surface area (Å²) in [5, 5.41) is 9.66. The summed E-state index contributed by atoms with van der Waals surface area (Å²) in [6.45, 7) is 8.19. The zero-order valence-electron chi connectivity index (χ0n) is 19.8. The minimum absolute atomic E-state index is 0.0269. The molecule has 0 saturated heterocycles. The van der Waals surface area contributed by atoms with E-state index in [1.165, 1.54) is 27.5 Å². The van der Waals surface area contributed by atoms with Crippen LogP contribution in [0.5, 0.6) is 0 Å². The number of aromatic nitrogens is 5. The van der Waals surface area contributed by atoms with Crippen LogP contribution < -0.4 is 5.56 Å². The van der Waals surface area contributed by atoms with Crippen molar-refractivity contribution in [2.75, 3.05) is 5.75 Å². The molecule has 172 valence electrons. The van der Waals surface area contributed by atoms with Gasteiger partial charge in [-0.3, -0.25) is 18.6 Å². The number of carbonyl (C=O) groups is 1. The van der Waals surface area contributed by atoms with Crippen LogP contribution in [0, 0.1) is 27.7 Å². The van der Waals surface area contributed by atoms with Crippen molar-refractivity contribution in [1.29, 1.82) is 0 Å². The molecule has 0 bridgehead atoms. The first-order chi connectivity index (χ1) is 16.3. The van der Waals surface area contributed by atoms with Crippen molar-refractivity contribution in [3.63, 3.8) is 0 Å². The Balaban J connectivity index is 1.48. The van der Waals surface area contributed by atoms with E-state index in [-0.39, 0.29) is 17.1 Å². The summed E-state index contributed by atoms with van der Waals surface area (Å²) in [5.41, 5.74) is 6.76. The van der Waals surface area contributed by atoms with Crippen LogP contribution in [0.4, 0.5) is 0 Å². The Hall–Kier alpha value is -3.65. The number of para-hydroxylation sites is 1. The maximum atomic E-state index is 13.3. The number of hydrogen-bond donors (Lipinski definition) is 0. The predicted molar refractivity (Wildman–Crippen MR) is 136 cm³/mol. The van der Waals surface area contributed by atoms with Gasteiger partial charge in [0.15, 0.2) is 10.9 Å². The van der Waals surface area contributed by atoms with E-state index in [9.17, 15) is 9.59 Å². The van der Waals surface area contributed by atoms with E-state index in [0.29, 0.717) is 21.9 Å². The van der Waals surface area contributed by atoms with Gasteiger partial charge in [-0.2, -0.15) is 0 Å². The average Bonchev–Trinajstić information content (AvgIpc) is 3.38. The van der Waals surface area contributed by atoms with E-state index in [0.717, 1.165) is 22.6 Å². The molecule has 0 unspecified atom stereocenters. The van der Waals surface area contributed by atoms with Crippen LogP contribution in [-0.4, -0.2) is 35.3 Å². The van der Waals surface area contributed by atoms with E-state index in [1.54, 1.807) is 13.1 Å². The molecule has 5 rings (SSSR count). The third-order valence-electron chi connectivity index (χ3n) is 6.41. The lowest BCUT2D eigenvalue weighted by atomic mass is 10.1. The molecule has 5 aromatic rings. The Kier molecular flexibility index (Phi) is 5.40. The molecule has 0 radical (unpaired) electrons. The molecule has 0 aliphatic rings. The Bertz CT molecular complexity index is 1660. The van der Waals surface area contributed by atoms with E-state index in [1.807, 2.05) is 42.5 Å². The molecule has 0 amide bonds. The predicted octanol–water partition coefficient (Wildman–Crippen LogP) is 4.58. The number of thioether (sulfide) groups is 1. The quantitative estimate of drug-likeness (QED) is 0.277. The van der Waals surface area contributed by atoms with E-state index in [4.69, 9.17) is 0 Å². The van der Waals surface area contributed by atoms with Gasteiger partial charge < -0.3 is 4.57 Å². The maximum absolute atomic E-state index is 13.3. The van der Waals surface area contributed by atoms with Crippen molar-refractivity contribution in [2.24, 2.45) is 7.05 Å². The molecule has 3 heterocycles. The lowest BCUT2D eigenvalue weighted by Gasteiger charge is -2.12. The van der Waals surface area contributed by atoms with Crippen molar-refractivity contribution in [1.82, 2.24) is 23.7 Å². The SMILES string of the molecule is Cc1ccc(-n2c(C)cc(C(=O)CSc3nnc4n(C)c(=O)c5ccccc5n34)c2C)cc1C. The number of nitrogens with zero attached hydrogens (tertiary/aromatic N) is 5. The minimum Gasteiger partial charge on any atom is -0.318 e. The Morgan fingerprint density at radius 1 is 0.971 bits per heavy atom. The van der Waals surface area contributed by atoms with E-state index < -0.39 is 0 Å². The third kappa shape index (κ3) is 3.45. The van der Waals surface area contributed by atoms with Crippen LogP contribution in [0.15, 0.2) is 58.5 Å². The lowest BCUT2D eigenvalue weighted by molar-refractivity contribution is 0.102. The fourth-order valence-electron chi connectivity index (χ4n) is 4.42. The lowest BCUT2D eigenvalue weighted by Crippen LogP contribution is -2.20. The summed E-state index contributed by atoms with van der Waals surface area (Å²) >= 11 is 1.33. The summed E-state index contributed by atoms with van der Waals surface area (Å²) in [5.74, 6) is 0.695. The van der Waals surface area contributed by atoms with Crippen LogP contribution >= 0.6 is 11.8 Å². The Morgan fingerprint density at radius 3 is 2.50 bits per heavy atom. The second-order valence-corrected chi connectivity index (χ2v) is 9.54. The zero-order valence-corrected chi connectivity index (χ0v) is 20.6. The smallest absolute Gasteiger partial charge is 0.262 e. The first kappa shape index (κ1) is 22.2. The molecule has 0 saturated carbocycles. The number of hydrogen-bond acceptors (Lipinski definition) is 5. The highest BCUT2D eigenvalue weighted by Gasteiger charge is 2.20. The fraction of sp³-hybridized carbons (Fsp3) is 0.231. The molecule has 0 N–H and O–H groups in total. The van der Waals surface area contributed by atoms with Gasteiger partial charge >= 0.3 is 0 Å². The summed E-state index contributed by atoms with van der Waals surface area (Å²) in [6, 6.07) is 15.7. The molecular formula is C26H25N5O2S. The molecule has 0 atom stereocenters. The number of benzene rings is 2. The third-order valence-corrected chi connectivity index (χ3v) is 7.34. The maximum Gasteiger partial charge on any atom is 0.262 e. The summed E-state index contributed by atoms with van der Waals surface area (Å²) in [7, 11) is 1.68. The molecule has 0 spiro atoms. The second kappa shape index (κ2) is 8.29. The number of carbonyl (C=O) groups excluding carboxylic acids is 1. The van der Waals surface area contributed by atoms with Crippen molar-refractivity contribution < 1.29 is 4.79 Å². The normalized spacial score (nSPS) is 11.6. The van der Waals surface area contributed by atoms with Gasteiger partial charge in [0.1, 0.15) is 0 Å². The van der Waals surface area contributed by atoms with Crippen LogP contribution in [0.1, 0.15) is 32.9 Å². The number of rotatable bonds is 5. The van der Waals surface area contributed by atoms with Gasteiger partial charge in [0.05, 0.1) is 16.7 Å². The van der Waals surface area contributed by atoms with Gasteiger partial charge in [0, 0.05) is 29.7 Å². The molecule has 8 heteroatoms. The number of aryl methyl sites for hydroxylation is 4. The van der Waals surface area contributed by atoms with Gasteiger partial charge in [0.2, 0.25) is 5.78 Å². The van der Waals surface area contributed by atoms with Crippen molar-refractivity contribution in [3.05, 3.63) is 87.0 Å². The monoisotopic (exact) mass is 471 g/mol. The molecular weight excluding hydrogens is 446 g/mol. The summed E-state index contributed by atoms with van der Waals surface area (Å²) in [4.78, 5) is 25.9. The van der Waals surface area contributed by atoms with Crippen molar-refractivity contribution in [2.45, 2.75) is 32.9 Å². The van der Waals surface area contributed by atoms with Crippen molar-refractivity contribution in [3.8, 4) is 5.69 Å². The molecule has 0 aliphatic carbocycles. The topological polar surface area (TPSA) is 74.2 Å². The van der Waals surface area contributed by atoms with Crippen molar-refractivity contribution >= 4 is 34.2 Å². The highest BCUT2D eigenvalue weighted by molar-refractivity contribution is 7.99. The largest absolute Gasteiger partial charge is 0.318 e. The summed E-state index contributed by atoms with van der Waals surface area (Å²) in [6.07, 6.45) is 0. The molecule has 0 aliphatic heterocycles. The van der Waals surface area contributed by atoms with Crippen LogP contribution in [0.25, 0.3) is 22.4 Å². The minimum atomic E-state index is -0.123. The summed E-state index contributed by atoms with van der Waals surface area (Å²) < 4.78 is 5.45. The first-order valence-electron chi connectivity index (χ1n) is 11.0. The zero-order chi connectivity index (χ0) is 24.1. The average molecular weight is 472 g/mol. The van der Waals surface area contributed by atoms with Crippen LogP contribution in [-0.2, 0) is 7.05 Å². The highest BCUT2D eigenvalue weighted by atomic mass is 32.2. The first-order valence-corrected chi connectivity index (χ1v) is 12.0. The standard InChI is InChI=1S/C26H25N5O2S/c1-15-10-11-19(12-16(15)2)30-17(3)13-21(18(30)4)23(32)14-34-26-28-27-25-29(5)24(33)20-8-6-7-9-22(20)31(25)26/h6-13H,14H2,1-5H3. The molecule has 3 aromatic heterocycles. The van der Waals surface area contributed by atoms with Crippen LogP contribution in [0.3, 0.4) is 0 Å².